The lowest BCUT2D eigenvalue weighted by Gasteiger charge is -2.17. The predicted molar refractivity (Wildman–Crippen MR) is 68.0 cm³/mol. The van der Waals surface area contributed by atoms with Gasteiger partial charge in [0.25, 0.3) is 0 Å². The van der Waals surface area contributed by atoms with Crippen LogP contribution >= 0.6 is 0 Å². The molecule has 0 radical (unpaired) electrons. The van der Waals surface area contributed by atoms with Crippen LogP contribution in [0.3, 0.4) is 0 Å². The molecule has 0 heterocycles. The highest BCUT2D eigenvalue weighted by Crippen LogP contribution is 2.20. The average Bonchev–Trinajstić information content (AvgIpc) is 2.27. The normalized spacial score (nSPS) is 11.6. The van der Waals surface area contributed by atoms with E-state index in [2.05, 4.69) is 6.58 Å². The summed E-state index contributed by atoms with van der Waals surface area (Å²) in [6.07, 6.45) is 0. The molecule has 0 aromatic heterocycles. The van der Waals surface area contributed by atoms with Crippen molar-refractivity contribution in [3.8, 4) is 0 Å². The molecule has 0 amide bonds. The van der Waals surface area contributed by atoms with E-state index < -0.39 is 26.7 Å². The summed E-state index contributed by atoms with van der Waals surface area (Å²) in [5, 5.41) is 8.69. The van der Waals surface area contributed by atoms with Gasteiger partial charge in [-0.1, -0.05) is 12.2 Å². The molecule has 0 aliphatic carbocycles. The van der Waals surface area contributed by atoms with Crippen LogP contribution in [-0.4, -0.2) is 37.4 Å². The molecule has 19 heavy (non-hydrogen) atoms. The monoisotopic (exact) mass is 287 g/mol. The molecule has 1 N–H and O–H groups in total. The second kappa shape index (κ2) is 5.50. The third kappa shape index (κ3) is 3.39. The van der Waals surface area contributed by atoms with E-state index in [0.717, 1.165) is 16.4 Å². The van der Waals surface area contributed by atoms with Gasteiger partial charge in [0.2, 0.25) is 10.0 Å². The van der Waals surface area contributed by atoms with Crippen molar-refractivity contribution in [3.05, 3.63) is 41.7 Å². The number of carboxylic acid groups (broad SMARTS) is 1. The maximum atomic E-state index is 13.7. The van der Waals surface area contributed by atoms with Gasteiger partial charge in [-0.15, -0.1) is 0 Å². The van der Waals surface area contributed by atoms with E-state index in [9.17, 15) is 17.6 Å². The Hall–Kier alpha value is -1.73. The number of sulfonamides is 1. The first kappa shape index (κ1) is 15.3. The predicted octanol–water partition coefficient (Wildman–Crippen LogP) is 1.72. The summed E-state index contributed by atoms with van der Waals surface area (Å²) in [7, 11) is -2.70. The lowest BCUT2D eigenvalue weighted by molar-refractivity contribution is 0.0696. The van der Waals surface area contributed by atoms with Crippen LogP contribution in [0.15, 0.2) is 35.2 Å². The molecule has 0 unspecified atom stereocenters. The number of benzene rings is 1. The van der Waals surface area contributed by atoms with Gasteiger partial charge in [-0.2, -0.15) is 4.31 Å². The van der Waals surface area contributed by atoms with Crippen LogP contribution in [-0.2, 0) is 10.0 Å². The first-order valence-electron chi connectivity index (χ1n) is 5.30. The number of carboxylic acids is 1. The molecule has 5 nitrogen and oxygen atoms in total. The second-order valence-electron chi connectivity index (χ2n) is 4.17. The van der Waals surface area contributed by atoms with Crippen molar-refractivity contribution in [3.63, 3.8) is 0 Å². The molecule has 0 atom stereocenters. The minimum Gasteiger partial charge on any atom is -0.478 e. The van der Waals surface area contributed by atoms with Gasteiger partial charge in [0.15, 0.2) is 0 Å². The number of nitrogens with zero attached hydrogens (tertiary/aromatic N) is 1. The van der Waals surface area contributed by atoms with Crippen molar-refractivity contribution >= 4 is 16.0 Å². The largest absolute Gasteiger partial charge is 0.478 e. The fraction of sp³-hybridized carbons (Fsp3) is 0.250. The fourth-order valence-electron chi connectivity index (χ4n) is 1.48. The summed E-state index contributed by atoms with van der Waals surface area (Å²) in [4.78, 5) is 10.1. The Labute approximate surface area is 111 Å². The van der Waals surface area contributed by atoms with Crippen LogP contribution in [0.2, 0.25) is 0 Å². The minimum absolute atomic E-state index is 0.0580. The van der Waals surface area contributed by atoms with Gasteiger partial charge in [-0.3, -0.25) is 0 Å². The lowest BCUT2D eigenvalue weighted by atomic mass is 10.2. The molecule has 0 saturated heterocycles. The molecule has 0 spiro atoms. The van der Waals surface area contributed by atoms with E-state index in [4.69, 9.17) is 5.11 Å². The molecule has 0 aliphatic heterocycles. The van der Waals surface area contributed by atoms with Crippen molar-refractivity contribution in [2.75, 3.05) is 13.6 Å². The zero-order chi connectivity index (χ0) is 14.8. The summed E-state index contributed by atoms with van der Waals surface area (Å²) >= 11 is 0. The Morgan fingerprint density at radius 3 is 2.47 bits per heavy atom. The van der Waals surface area contributed by atoms with Gasteiger partial charge in [0.1, 0.15) is 10.7 Å². The van der Waals surface area contributed by atoms with E-state index in [1.54, 1.807) is 6.92 Å². The molecular formula is C12H14FNO4S. The molecule has 0 aliphatic rings. The molecule has 1 aromatic rings. The van der Waals surface area contributed by atoms with Gasteiger partial charge in [-0.05, 0) is 25.1 Å². The Bertz CT molecular complexity index is 625. The maximum Gasteiger partial charge on any atom is 0.335 e. The topological polar surface area (TPSA) is 74.7 Å². The van der Waals surface area contributed by atoms with E-state index >= 15 is 0 Å². The smallest absolute Gasteiger partial charge is 0.335 e. The van der Waals surface area contributed by atoms with Crippen molar-refractivity contribution in [2.45, 2.75) is 11.8 Å². The zero-order valence-corrected chi connectivity index (χ0v) is 11.4. The Kier molecular flexibility index (Phi) is 4.43. The summed E-state index contributed by atoms with van der Waals surface area (Å²) in [5.41, 5.74) is 0.299. The van der Waals surface area contributed by atoms with E-state index in [0.29, 0.717) is 11.6 Å². The molecule has 1 rings (SSSR count). The number of rotatable bonds is 5. The molecule has 0 fully saturated rings. The second-order valence-corrected chi connectivity index (χ2v) is 6.18. The standard InChI is InChI=1S/C12H14FNO4S/c1-8(2)7-14(3)19(17,18)11-5-4-9(12(15)16)6-10(11)13/h4-6H,1,7H2,2-3H3,(H,15,16). The number of hydrogen-bond donors (Lipinski definition) is 1. The molecule has 0 bridgehead atoms. The Morgan fingerprint density at radius 1 is 1.47 bits per heavy atom. The highest BCUT2D eigenvalue weighted by Gasteiger charge is 2.25. The number of aromatic carboxylic acids is 1. The van der Waals surface area contributed by atoms with Gasteiger partial charge in [-0.25, -0.2) is 17.6 Å². The zero-order valence-electron chi connectivity index (χ0n) is 10.6. The SMILES string of the molecule is C=C(C)CN(C)S(=O)(=O)c1ccc(C(=O)O)cc1F. The van der Waals surface area contributed by atoms with Crippen molar-refractivity contribution in [1.29, 1.82) is 0 Å². The van der Waals surface area contributed by atoms with Crippen LogP contribution in [0.1, 0.15) is 17.3 Å². The number of likely N-dealkylation sites (N-methyl/N-ethyl adjacent to an activating group) is 1. The van der Waals surface area contributed by atoms with Gasteiger partial charge >= 0.3 is 5.97 Å². The fourth-order valence-corrected chi connectivity index (χ4v) is 2.75. The molecule has 1 aromatic carbocycles. The minimum atomic E-state index is -4.00. The number of hydrogen-bond acceptors (Lipinski definition) is 3. The van der Waals surface area contributed by atoms with Crippen molar-refractivity contribution in [2.24, 2.45) is 0 Å². The summed E-state index contributed by atoms with van der Waals surface area (Å²) in [6, 6.07) is 2.68. The lowest BCUT2D eigenvalue weighted by Crippen LogP contribution is -2.29. The molecular weight excluding hydrogens is 273 g/mol. The van der Waals surface area contributed by atoms with E-state index in [1.165, 1.54) is 7.05 Å². The quantitative estimate of drug-likeness (QED) is 0.837. The Balaban J connectivity index is 3.22. The summed E-state index contributed by atoms with van der Waals surface area (Å²) in [6.45, 7) is 5.29. The maximum absolute atomic E-state index is 13.7. The highest BCUT2D eigenvalue weighted by molar-refractivity contribution is 7.89. The number of carbonyl (C=O) groups is 1. The first-order valence-corrected chi connectivity index (χ1v) is 6.74. The summed E-state index contributed by atoms with van der Waals surface area (Å²) in [5.74, 6) is -2.41. The van der Waals surface area contributed by atoms with Gasteiger partial charge < -0.3 is 5.11 Å². The third-order valence-electron chi connectivity index (χ3n) is 2.36. The number of halogens is 1. The van der Waals surface area contributed by atoms with E-state index in [-0.39, 0.29) is 12.1 Å². The van der Waals surface area contributed by atoms with Crippen molar-refractivity contribution < 1.29 is 22.7 Å². The van der Waals surface area contributed by atoms with Crippen LogP contribution in [0.4, 0.5) is 4.39 Å². The Morgan fingerprint density at radius 2 is 2.05 bits per heavy atom. The third-order valence-corrected chi connectivity index (χ3v) is 4.20. The van der Waals surface area contributed by atoms with Crippen molar-refractivity contribution in [1.82, 2.24) is 4.31 Å². The average molecular weight is 287 g/mol. The van der Waals surface area contributed by atoms with Crippen LogP contribution in [0.25, 0.3) is 0 Å². The first-order chi connectivity index (χ1) is 8.66. The molecule has 7 heteroatoms. The highest BCUT2D eigenvalue weighted by atomic mass is 32.2. The van der Waals surface area contributed by atoms with Crippen LogP contribution < -0.4 is 0 Å². The van der Waals surface area contributed by atoms with Crippen LogP contribution in [0.5, 0.6) is 0 Å². The van der Waals surface area contributed by atoms with Gasteiger partial charge in [0, 0.05) is 13.6 Å². The summed E-state index contributed by atoms with van der Waals surface area (Å²) < 4.78 is 38.8. The molecule has 0 saturated carbocycles. The molecule has 104 valence electrons. The van der Waals surface area contributed by atoms with Gasteiger partial charge in [0.05, 0.1) is 5.56 Å². The van der Waals surface area contributed by atoms with Crippen LogP contribution in [0, 0.1) is 5.82 Å². The van der Waals surface area contributed by atoms with E-state index in [1.807, 2.05) is 0 Å².